The Balaban J connectivity index is 2.18. The summed E-state index contributed by atoms with van der Waals surface area (Å²) < 4.78 is 29.3. The molecule has 0 unspecified atom stereocenters. The molecule has 0 aliphatic heterocycles. The van der Waals surface area contributed by atoms with Gasteiger partial charge < -0.3 is 14.4 Å². The first-order valence-electron chi connectivity index (χ1n) is 9.01. The van der Waals surface area contributed by atoms with Crippen LogP contribution in [-0.2, 0) is 16.7 Å². The molecule has 152 valence electrons. The zero-order valence-electron chi connectivity index (χ0n) is 16.2. The highest BCUT2D eigenvalue weighted by Gasteiger charge is 2.17. The summed E-state index contributed by atoms with van der Waals surface area (Å²) >= 11 is 3.43. The van der Waals surface area contributed by atoms with Gasteiger partial charge in [-0.15, -0.1) is 0 Å². The van der Waals surface area contributed by atoms with Crippen molar-refractivity contribution < 1.29 is 17.4 Å². The molecule has 0 bridgehead atoms. The number of nitrogens with one attached hydrogen (secondary N) is 1. The highest BCUT2D eigenvalue weighted by atomic mass is 79.9. The minimum atomic E-state index is -3.60. The summed E-state index contributed by atoms with van der Waals surface area (Å²) in [4.78, 5) is 14.5. The van der Waals surface area contributed by atoms with Crippen LogP contribution in [0, 0.1) is 5.92 Å². The lowest BCUT2D eigenvalue weighted by atomic mass is 10.1. The average Bonchev–Trinajstić information content (AvgIpc) is 2.62. The Labute approximate surface area is 175 Å². The van der Waals surface area contributed by atoms with E-state index in [0.29, 0.717) is 18.8 Å². The fraction of sp³-hybridized carbons (Fsp3) is 0.350. The van der Waals surface area contributed by atoms with Crippen molar-refractivity contribution in [2.75, 3.05) is 17.6 Å². The Hall–Kier alpha value is -2.06. The lowest BCUT2D eigenvalue weighted by molar-refractivity contribution is 0.201. The molecule has 0 aliphatic carbocycles. The van der Waals surface area contributed by atoms with Gasteiger partial charge in [-0.2, -0.15) is 8.42 Å². The van der Waals surface area contributed by atoms with E-state index in [0.717, 1.165) is 10.0 Å². The number of rotatable bonds is 8. The molecule has 0 saturated carbocycles. The Bertz CT molecular complexity index is 916. The van der Waals surface area contributed by atoms with Gasteiger partial charge in [-0.3, -0.25) is 0 Å². The van der Waals surface area contributed by atoms with Crippen molar-refractivity contribution in [3.05, 3.63) is 58.6 Å². The molecule has 0 heterocycles. The SMILES string of the molecule is CCS(=O)(=O)Oc1cccc(CN(CC(C)C)C(=O)Nc2ccccc2Br)c1. The average molecular weight is 469 g/mol. The van der Waals surface area contributed by atoms with Gasteiger partial charge in [-0.1, -0.05) is 38.1 Å². The number of urea groups is 1. The third kappa shape index (κ3) is 6.83. The molecule has 1 N–H and O–H groups in total. The largest absolute Gasteiger partial charge is 0.382 e. The van der Waals surface area contributed by atoms with Gasteiger partial charge in [0, 0.05) is 17.6 Å². The van der Waals surface area contributed by atoms with Gasteiger partial charge >= 0.3 is 16.1 Å². The molecule has 0 atom stereocenters. The monoisotopic (exact) mass is 468 g/mol. The summed E-state index contributed by atoms with van der Waals surface area (Å²) in [6, 6.07) is 14.0. The number of nitrogens with zero attached hydrogens (tertiary/aromatic N) is 1. The van der Waals surface area contributed by atoms with Crippen LogP contribution in [0.4, 0.5) is 10.5 Å². The summed E-state index contributed by atoms with van der Waals surface area (Å²) in [5, 5.41) is 2.91. The molecule has 2 amide bonds. The van der Waals surface area contributed by atoms with Crippen LogP contribution in [0.15, 0.2) is 53.0 Å². The van der Waals surface area contributed by atoms with Gasteiger partial charge in [0.2, 0.25) is 0 Å². The normalized spacial score (nSPS) is 11.3. The summed E-state index contributed by atoms with van der Waals surface area (Å²) in [5.41, 5.74) is 1.47. The zero-order valence-corrected chi connectivity index (χ0v) is 18.6. The van der Waals surface area contributed by atoms with Crippen LogP contribution in [-0.4, -0.2) is 31.6 Å². The zero-order chi connectivity index (χ0) is 20.7. The third-order valence-electron chi connectivity index (χ3n) is 3.84. The van der Waals surface area contributed by atoms with Crippen molar-refractivity contribution in [2.45, 2.75) is 27.3 Å². The number of hydrogen-bond donors (Lipinski definition) is 1. The fourth-order valence-electron chi connectivity index (χ4n) is 2.54. The van der Waals surface area contributed by atoms with Crippen LogP contribution in [0.2, 0.25) is 0 Å². The molecule has 6 nitrogen and oxygen atoms in total. The summed E-state index contributed by atoms with van der Waals surface area (Å²) in [6.45, 7) is 6.47. The van der Waals surface area contributed by atoms with Crippen molar-refractivity contribution in [3.8, 4) is 5.75 Å². The van der Waals surface area contributed by atoms with E-state index in [9.17, 15) is 13.2 Å². The lowest BCUT2D eigenvalue weighted by Crippen LogP contribution is -2.37. The maximum absolute atomic E-state index is 12.8. The molecule has 2 aromatic rings. The van der Waals surface area contributed by atoms with Crippen molar-refractivity contribution in [2.24, 2.45) is 5.92 Å². The van der Waals surface area contributed by atoms with Gasteiger partial charge in [-0.25, -0.2) is 4.79 Å². The molecular formula is C20H25BrN2O4S. The summed E-state index contributed by atoms with van der Waals surface area (Å²) in [7, 11) is -3.60. The third-order valence-corrected chi connectivity index (χ3v) is 5.68. The number of amides is 2. The van der Waals surface area contributed by atoms with Gasteiger partial charge in [0.25, 0.3) is 0 Å². The number of carbonyl (C=O) groups excluding carboxylic acids is 1. The molecule has 0 spiro atoms. The predicted molar refractivity (Wildman–Crippen MR) is 115 cm³/mol. The van der Waals surface area contributed by atoms with Crippen LogP contribution in [0.25, 0.3) is 0 Å². The van der Waals surface area contributed by atoms with E-state index >= 15 is 0 Å². The number of benzene rings is 2. The van der Waals surface area contributed by atoms with E-state index in [2.05, 4.69) is 21.2 Å². The number of carbonyl (C=O) groups is 1. The Morgan fingerprint density at radius 2 is 1.89 bits per heavy atom. The topological polar surface area (TPSA) is 75.7 Å². The highest BCUT2D eigenvalue weighted by molar-refractivity contribution is 9.10. The van der Waals surface area contributed by atoms with Crippen molar-refractivity contribution in [1.82, 2.24) is 4.90 Å². The summed E-state index contributed by atoms with van der Waals surface area (Å²) in [5.74, 6) is 0.408. The maximum atomic E-state index is 12.8. The second kappa shape index (κ2) is 9.93. The highest BCUT2D eigenvalue weighted by Crippen LogP contribution is 2.23. The van der Waals surface area contributed by atoms with E-state index in [1.807, 2.05) is 44.2 Å². The molecular weight excluding hydrogens is 444 g/mol. The minimum absolute atomic E-state index is 0.106. The van der Waals surface area contributed by atoms with Gasteiger partial charge in [0.15, 0.2) is 0 Å². The number of para-hydroxylation sites is 1. The number of hydrogen-bond acceptors (Lipinski definition) is 4. The van der Waals surface area contributed by atoms with E-state index in [-0.39, 0.29) is 23.5 Å². The fourth-order valence-corrected chi connectivity index (χ4v) is 3.44. The van der Waals surface area contributed by atoms with Crippen LogP contribution in [0.5, 0.6) is 5.75 Å². The Morgan fingerprint density at radius 3 is 2.54 bits per heavy atom. The summed E-state index contributed by atoms with van der Waals surface area (Å²) in [6.07, 6.45) is 0. The Morgan fingerprint density at radius 1 is 1.18 bits per heavy atom. The van der Waals surface area contributed by atoms with Crippen molar-refractivity contribution in [1.29, 1.82) is 0 Å². The maximum Gasteiger partial charge on any atom is 0.322 e. The second-order valence-corrected chi connectivity index (χ2v) is 9.48. The predicted octanol–water partition coefficient (Wildman–Crippen LogP) is 4.87. The van der Waals surface area contributed by atoms with Crippen LogP contribution >= 0.6 is 15.9 Å². The Kier molecular flexibility index (Phi) is 7.88. The molecule has 0 radical (unpaired) electrons. The molecule has 0 fully saturated rings. The van der Waals surface area contributed by atoms with Crippen molar-refractivity contribution >= 4 is 37.8 Å². The molecule has 0 saturated heterocycles. The first-order chi connectivity index (χ1) is 13.2. The van der Waals surface area contributed by atoms with E-state index in [4.69, 9.17) is 4.18 Å². The first kappa shape index (κ1) is 22.2. The van der Waals surface area contributed by atoms with Gasteiger partial charge in [0.05, 0.1) is 11.4 Å². The molecule has 28 heavy (non-hydrogen) atoms. The number of halogens is 1. The smallest absolute Gasteiger partial charge is 0.322 e. The number of anilines is 1. The quantitative estimate of drug-likeness (QED) is 0.560. The molecule has 0 aliphatic rings. The molecule has 2 rings (SSSR count). The minimum Gasteiger partial charge on any atom is -0.382 e. The molecule has 2 aromatic carbocycles. The second-order valence-electron chi connectivity index (χ2n) is 6.76. The standard InChI is InChI=1S/C20H25BrN2O4S/c1-4-28(25,26)27-17-9-7-8-16(12-17)14-23(13-15(2)3)20(24)22-19-11-6-5-10-18(19)21/h5-12,15H,4,13-14H2,1-3H3,(H,22,24). The lowest BCUT2D eigenvalue weighted by Gasteiger charge is -2.25. The molecule has 8 heteroatoms. The van der Waals surface area contributed by atoms with Crippen LogP contribution in [0.1, 0.15) is 26.3 Å². The van der Waals surface area contributed by atoms with Crippen LogP contribution < -0.4 is 9.50 Å². The first-order valence-corrected chi connectivity index (χ1v) is 11.4. The van der Waals surface area contributed by atoms with E-state index in [1.54, 1.807) is 23.1 Å². The van der Waals surface area contributed by atoms with Crippen molar-refractivity contribution in [3.63, 3.8) is 0 Å². The van der Waals surface area contributed by atoms with Gasteiger partial charge in [0.1, 0.15) is 5.75 Å². The molecule has 0 aromatic heterocycles. The van der Waals surface area contributed by atoms with E-state index in [1.165, 1.54) is 6.92 Å². The van der Waals surface area contributed by atoms with E-state index < -0.39 is 10.1 Å². The van der Waals surface area contributed by atoms with Gasteiger partial charge in [-0.05, 0) is 58.6 Å². The van der Waals surface area contributed by atoms with Crippen LogP contribution in [0.3, 0.4) is 0 Å².